The predicted molar refractivity (Wildman–Crippen MR) is 53.8 cm³/mol. The van der Waals surface area contributed by atoms with Gasteiger partial charge in [-0.3, -0.25) is 4.68 Å². The van der Waals surface area contributed by atoms with E-state index in [0.29, 0.717) is 6.61 Å². The van der Waals surface area contributed by atoms with E-state index in [9.17, 15) is 0 Å². The first-order valence-electron chi connectivity index (χ1n) is 5.09. The second kappa shape index (κ2) is 7.46. The van der Waals surface area contributed by atoms with E-state index in [4.69, 9.17) is 5.11 Å². The average molecular weight is 198 g/mol. The minimum Gasteiger partial charge on any atom is -0.396 e. The van der Waals surface area contributed by atoms with Gasteiger partial charge in [0.25, 0.3) is 0 Å². The van der Waals surface area contributed by atoms with Gasteiger partial charge in [-0.25, -0.2) is 0 Å². The summed E-state index contributed by atoms with van der Waals surface area (Å²) in [5.74, 6) is 0. The highest BCUT2D eigenvalue weighted by Gasteiger charge is 1.91. The molecule has 1 heterocycles. The van der Waals surface area contributed by atoms with E-state index in [1.165, 1.54) is 0 Å². The number of rotatable bonds is 8. The van der Waals surface area contributed by atoms with Gasteiger partial charge < -0.3 is 10.4 Å². The maximum absolute atomic E-state index is 8.56. The number of unbranched alkanes of at least 4 members (excludes halogenated alkanes) is 2. The van der Waals surface area contributed by atoms with E-state index < -0.39 is 0 Å². The zero-order valence-corrected chi connectivity index (χ0v) is 8.39. The number of aliphatic hydroxyl groups excluding tert-OH is 1. The van der Waals surface area contributed by atoms with Crippen LogP contribution < -0.4 is 5.32 Å². The van der Waals surface area contributed by atoms with Gasteiger partial charge in [0.05, 0.1) is 12.7 Å². The van der Waals surface area contributed by atoms with Crippen LogP contribution in [0, 0.1) is 0 Å². The Morgan fingerprint density at radius 3 is 2.86 bits per heavy atom. The summed E-state index contributed by atoms with van der Waals surface area (Å²) in [6, 6.07) is 0. The lowest BCUT2D eigenvalue weighted by Gasteiger charge is -2.03. The van der Waals surface area contributed by atoms with Crippen molar-refractivity contribution < 1.29 is 5.11 Å². The summed E-state index contributed by atoms with van der Waals surface area (Å²) in [5, 5.41) is 19.4. The molecule has 0 aliphatic heterocycles. The summed E-state index contributed by atoms with van der Waals surface area (Å²) in [7, 11) is 0. The molecule has 0 aliphatic rings. The average Bonchev–Trinajstić information content (AvgIpc) is 2.69. The maximum atomic E-state index is 8.56. The predicted octanol–water partition coefficient (Wildman–Crippen LogP) is 0.0303. The quantitative estimate of drug-likeness (QED) is 0.578. The van der Waals surface area contributed by atoms with Gasteiger partial charge in [0, 0.05) is 19.3 Å². The lowest BCUT2D eigenvalue weighted by molar-refractivity contribution is 0.283. The zero-order chi connectivity index (χ0) is 10.1. The molecule has 5 heteroatoms. The molecule has 0 spiro atoms. The Morgan fingerprint density at radius 1 is 1.21 bits per heavy atom. The van der Waals surface area contributed by atoms with E-state index in [-0.39, 0.29) is 0 Å². The summed E-state index contributed by atoms with van der Waals surface area (Å²) in [5.41, 5.74) is 0. The van der Waals surface area contributed by atoms with Gasteiger partial charge in [-0.2, -0.15) is 0 Å². The van der Waals surface area contributed by atoms with Gasteiger partial charge in [0.1, 0.15) is 0 Å². The Morgan fingerprint density at radius 2 is 2.14 bits per heavy atom. The van der Waals surface area contributed by atoms with Gasteiger partial charge in [0.15, 0.2) is 0 Å². The third kappa shape index (κ3) is 4.94. The molecule has 0 radical (unpaired) electrons. The molecular weight excluding hydrogens is 180 g/mol. The maximum Gasteiger partial charge on any atom is 0.0692 e. The van der Waals surface area contributed by atoms with Crippen molar-refractivity contribution in [1.82, 2.24) is 20.3 Å². The van der Waals surface area contributed by atoms with Gasteiger partial charge in [-0.1, -0.05) is 5.21 Å². The first-order valence-corrected chi connectivity index (χ1v) is 5.09. The molecule has 80 valence electrons. The van der Waals surface area contributed by atoms with Crippen LogP contribution in [-0.4, -0.2) is 39.8 Å². The third-order valence-electron chi connectivity index (χ3n) is 2.00. The molecule has 0 saturated heterocycles. The zero-order valence-electron chi connectivity index (χ0n) is 8.39. The molecule has 5 nitrogen and oxygen atoms in total. The van der Waals surface area contributed by atoms with Crippen molar-refractivity contribution in [2.75, 3.05) is 19.7 Å². The van der Waals surface area contributed by atoms with Crippen molar-refractivity contribution >= 4 is 0 Å². The van der Waals surface area contributed by atoms with E-state index in [1.807, 2.05) is 6.20 Å². The normalized spacial score (nSPS) is 10.6. The molecule has 14 heavy (non-hydrogen) atoms. The summed E-state index contributed by atoms with van der Waals surface area (Å²) in [4.78, 5) is 0. The monoisotopic (exact) mass is 198 g/mol. The highest BCUT2D eigenvalue weighted by molar-refractivity contribution is 4.64. The fraction of sp³-hybridized carbons (Fsp3) is 0.778. The molecule has 0 saturated carbocycles. The van der Waals surface area contributed by atoms with E-state index in [0.717, 1.165) is 38.9 Å². The Balaban J connectivity index is 1.85. The van der Waals surface area contributed by atoms with Crippen molar-refractivity contribution in [1.29, 1.82) is 0 Å². The van der Waals surface area contributed by atoms with E-state index >= 15 is 0 Å². The third-order valence-corrected chi connectivity index (χ3v) is 2.00. The van der Waals surface area contributed by atoms with E-state index in [1.54, 1.807) is 10.9 Å². The number of hydrogen-bond donors (Lipinski definition) is 2. The van der Waals surface area contributed by atoms with Crippen LogP contribution in [0.4, 0.5) is 0 Å². The summed E-state index contributed by atoms with van der Waals surface area (Å²) >= 11 is 0. The second-order valence-electron chi connectivity index (χ2n) is 3.20. The van der Waals surface area contributed by atoms with Crippen molar-refractivity contribution in [2.24, 2.45) is 0 Å². The molecule has 0 atom stereocenters. The number of aromatic nitrogens is 3. The van der Waals surface area contributed by atoms with Gasteiger partial charge >= 0.3 is 0 Å². The molecule has 2 N–H and O–H groups in total. The van der Waals surface area contributed by atoms with Crippen molar-refractivity contribution in [3.8, 4) is 0 Å². The molecule has 0 aromatic carbocycles. The fourth-order valence-electron chi connectivity index (χ4n) is 1.21. The molecule has 0 aliphatic carbocycles. The standard InChI is InChI=1S/C9H18N4O/c14-9-3-1-2-4-10-5-7-13-8-6-11-12-13/h6,8,10,14H,1-5,7,9H2. The van der Waals surface area contributed by atoms with Crippen LogP contribution in [0.2, 0.25) is 0 Å². The van der Waals surface area contributed by atoms with Crippen molar-refractivity contribution in [2.45, 2.75) is 25.8 Å². The molecule has 0 unspecified atom stereocenters. The Hall–Kier alpha value is -0.940. The van der Waals surface area contributed by atoms with E-state index in [2.05, 4.69) is 15.6 Å². The first-order chi connectivity index (χ1) is 6.93. The molecule has 1 aromatic rings. The SMILES string of the molecule is OCCCCCNCCn1ccnn1. The fourth-order valence-corrected chi connectivity index (χ4v) is 1.21. The van der Waals surface area contributed by atoms with Gasteiger partial charge in [-0.15, -0.1) is 5.10 Å². The lowest BCUT2D eigenvalue weighted by Crippen LogP contribution is -2.21. The van der Waals surface area contributed by atoms with Crippen LogP contribution in [0.25, 0.3) is 0 Å². The van der Waals surface area contributed by atoms with Crippen molar-refractivity contribution in [3.63, 3.8) is 0 Å². The van der Waals surface area contributed by atoms with Crippen LogP contribution >= 0.6 is 0 Å². The Kier molecular flexibility index (Phi) is 5.94. The minimum atomic E-state index is 0.305. The lowest BCUT2D eigenvalue weighted by atomic mass is 10.2. The Bertz CT molecular complexity index is 213. The highest BCUT2D eigenvalue weighted by atomic mass is 16.2. The van der Waals surface area contributed by atoms with Gasteiger partial charge in [-0.05, 0) is 25.8 Å². The smallest absolute Gasteiger partial charge is 0.0692 e. The Labute approximate surface area is 84.1 Å². The topological polar surface area (TPSA) is 63.0 Å². The van der Waals surface area contributed by atoms with Crippen LogP contribution in [0.5, 0.6) is 0 Å². The second-order valence-corrected chi connectivity index (χ2v) is 3.20. The molecule has 0 bridgehead atoms. The van der Waals surface area contributed by atoms with Crippen molar-refractivity contribution in [3.05, 3.63) is 12.4 Å². The molecule has 0 amide bonds. The molecule has 0 fully saturated rings. The minimum absolute atomic E-state index is 0.305. The van der Waals surface area contributed by atoms with Crippen LogP contribution in [-0.2, 0) is 6.54 Å². The largest absolute Gasteiger partial charge is 0.396 e. The number of aliphatic hydroxyl groups is 1. The number of nitrogens with zero attached hydrogens (tertiary/aromatic N) is 3. The molecule has 1 aromatic heterocycles. The van der Waals surface area contributed by atoms with Crippen LogP contribution in [0.15, 0.2) is 12.4 Å². The summed E-state index contributed by atoms with van der Waals surface area (Å²) < 4.78 is 1.81. The number of nitrogens with one attached hydrogen (secondary N) is 1. The molecule has 1 rings (SSSR count). The van der Waals surface area contributed by atoms with Crippen LogP contribution in [0.3, 0.4) is 0 Å². The molecular formula is C9H18N4O. The summed E-state index contributed by atoms with van der Waals surface area (Å²) in [6.07, 6.45) is 6.66. The van der Waals surface area contributed by atoms with Crippen LogP contribution in [0.1, 0.15) is 19.3 Å². The number of hydrogen-bond acceptors (Lipinski definition) is 4. The summed E-state index contributed by atoms with van der Waals surface area (Å²) in [6.45, 7) is 3.09. The van der Waals surface area contributed by atoms with Gasteiger partial charge in [0.2, 0.25) is 0 Å². The first kappa shape index (κ1) is 11.1. The highest BCUT2D eigenvalue weighted by Crippen LogP contribution is 1.91.